The molecule has 0 unspecified atom stereocenters. The van der Waals surface area contributed by atoms with E-state index in [4.69, 9.17) is 4.74 Å². The summed E-state index contributed by atoms with van der Waals surface area (Å²) >= 11 is 0.375. The van der Waals surface area contributed by atoms with Gasteiger partial charge in [-0.1, -0.05) is 66.3 Å². The number of allylic oxidation sites excluding steroid dienone is 7. The number of ether oxygens (including phenoxy) is 1. The molecule has 0 heterocycles. The van der Waals surface area contributed by atoms with Crippen LogP contribution in [0.2, 0.25) is 13.1 Å². The topological polar surface area (TPSA) is 9.23 Å². The summed E-state index contributed by atoms with van der Waals surface area (Å²) in [6.07, 6.45) is 12.4. The van der Waals surface area contributed by atoms with Crippen molar-refractivity contribution in [3.63, 3.8) is 0 Å². The van der Waals surface area contributed by atoms with Crippen LogP contribution in [0.15, 0.2) is 100 Å². The van der Waals surface area contributed by atoms with E-state index < -0.39 is 0 Å². The second-order valence-corrected chi connectivity index (χ2v) is 17.7. The van der Waals surface area contributed by atoms with Crippen molar-refractivity contribution in [2.45, 2.75) is 33.4 Å². The molecule has 0 radical (unpaired) electrons. The first-order valence-corrected chi connectivity index (χ1v) is 16.6. The predicted molar refractivity (Wildman–Crippen MR) is 127 cm³/mol. The monoisotopic (exact) mass is 436 g/mol. The van der Waals surface area contributed by atoms with Gasteiger partial charge in [-0.15, -0.1) is 0 Å². The first kappa shape index (κ1) is 23.4. The number of para-hydroxylation sites is 1. The third-order valence-corrected chi connectivity index (χ3v) is 10.4. The summed E-state index contributed by atoms with van der Waals surface area (Å²) in [5.74, 6) is 0.896. The van der Waals surface area contributed by atoms with Gasteiger partial charge in [-0.05, 0) is 37.1 Å². The summed E-state index contributed by atoms with van der Waals surface area (Å²) in [7, 11) is 0. The fraction of sp³-hybridized carbons (Fsp3) is 0.231. The normalized spacial score (nSPS) is 13.6. The molecule has 1 aliphatic rings. The molecule has 29 heavy (non-hydrogen) atoms. The first-order valence-electron chi connectivity index (χ1n) is 10.3. The van der Waals surface area contributed by atoms with Crippen molar-refractivity contribution < 1.29 is 23.1 Å². The third kappa shape index (κ3) is 9.45. The minimum atomic E-state index is -0.207. The van der Waals surface area contributed by atoms with E-state index in [0.29, 0.717) is 25.0 Å². The Morgan fingerprint density at radius 2 is 1.69 bits per heavy atom. The van der Waals surface area contributed by atoms with E-state index in [1.807, 2.05) is 43.3 Å². The van der Waals surface area contributed by atoms with Crippen molar-refractivity contribution in [2.24, 2.45) is 0 Å². The Morgan fingerprint density at radius 1 is 1.03 bits per heavy atom. The molecule has 3 rings (SSSR count). The first-order chi connectivity index (χ1) is 14.1. The third-order valence-electron chi connectivity index (χ3n) is 4.38. The molecule has 2 aromatic carbocycles. The summed E-state index contributed by atoms with van der Waals surface area (Å²) in [6.45, 7) is 9.43. The fourth-order valence-corrected chi connectivity index (χ4v) is 8.59. The van der Waals surface area contributed by atoms with Gasteiger partial charge in [0.1, 0.15) is 12.4 Å². The quantitative estimate of drug-likeness (QED) is 0.335. The molecule has 150 valence electrons. The summed E-state index contributed by atoms with van der Waals surface area (Å²) in [5, 5.41) is 0. The molecule has 0 aromatic heterocycles. The fourth-order valence-electron chi connectivity index (χ4n) is 2.82. The van der Waals surface area contributed by atoms with Gasteiger partial charge in [0.25, 0.3) is 0 Å². The SMILES string of the molecule is CC=C(C)C=C(COc1ccccc1)c1ccccc1.C[SiH](C)[Ti][C]1=CC=CC1. The Kier molecular flexibility index (Phi) is 10.8. The molecule has 3 heteroatoms. The van der Waals surface area contributed by atoms with Crippen LogP contribution in [-0.2, 0) is 18.4 Å². The molecule has 0 amide bonds. The van der Waals surface area contributed by atoms with Crippen LogP contribution in [0.1, 0.15) is 25.8 Å². The van der Waals surface area contributed by atoms with Gasteiger partial charge in [0.15, 0.2) is 0 Å². The van der Waals surface area contributed by atoms with E-state index in [1.165, 1.54) is 23.1 Å². The summed E-state index contributed by atoms with van der Waals surface area (Å²) in [4.78, 5) is 0. The molecule has 1 nitrogen and oxygen atoms in total. The van der Waals surface area contributed by atoms with E-state index in [1.54, 1.807) is 3.88 Å². The summed E-state index contributed by atoms with van der Waals surface area (Å²) in [6, 6.07) is 20.3. The van der Waals surface area contributed by atoms with Crippen LogP contribution in [0.3, 0.4) is 0 Å². The Bertz CT molecular complexity index is 849. The zero-order chi connectivity index (χ0) is 20.9. The van der Waals surface area contributed by atoms with Gasteiger partial charge in [-0.2, -0.15) is 0 Å². The van der Waals surface area contributed by atoms with Crippen LogP contribution in [-0.4, -0.2) is 13.3 Å². The standard InChI is InChI=1S/C19H20O.C5H5.C2H7Si.Ti/c1-3-16(2)14-18(17-10-6-4-7-11-17)15-20-19-12-8-5-9-13-19;1-2-4-5-3-1;1-3-2;/h3-14H,15H2,1-2H3;1-3H,4H2;3H,1-2H3;. The average Bonchev–Trinajstić information content (AvgIpc) is 3.25. The molecule has 0 N–H and O–H groups in total. The van der Waals surface area contributed by atoms with Crippen molar-refractivity contribution in [2.75, 3.05) is 6.61 Å². The zero-order valence-electron chi connectivity index (χ0n) is 18.1. The molecule has 0 fully saturated rings. The molecule has 0 bridgehead atoms. The van der Waals surface area contributed by atoms with Gasteiger partial charge in [0, 0.05) is 0 Å². The zero-order valence-corrected chi connectivity index (χ0v) is 20.8. The van der Waals surface area contributed by atoms with Crippen LogP contribution >= 0.6 is 0 Å². The Balaban J connectivity index is 0.000000278. The Hall–Kier alpha value is -1.87. The van der Waals surface area contributed by atoms with E-state index in [2.05, 4.69) is 74.7 Å². The van der Waals surface area contributed by atoms with Gasteiger partial charge in [-0.3, -0.25) is 0 Å². The van der Waals surface area contributed by atoms with Gasteiger partial charge in [-0.25, -0.2) is 0 Å². The number of hydrogen-bond donors (Lipinski definition) is 0. The predicted octanol–water partition coefficient (Wildman–Crippen LogP) is 7.01. The van der Waals surface area contributed by atoms with Crippen molar-refractivity contribution in [1.82, 2.24) is 0 Å². The van der Waals surface area contributed by atoms with E-state index in [0.717, 1.165) is 5.75 Å². The van der Waals surface area contributed by atoms with Crippen molar-refractivity contribution in [3.05, 3.63) is 106 Å². The molecule has 2 aromatic rings. The van der Waals surface area contributed by atoms with Crippen LogP contribution in [0.4, 0.5) is 0 Å². The maximum atomic E-state index is 5.87. The van der Waals surface area contributed by atoms with E-state index in [9.17, 15) is 0 Å². The van der Waals surface area contributed by atoms with Crippen LogP contribution in [0.25, 0.3) is 5.57 Å². The Morgan fingerprint density at radius 3 is 2.24 bits per heavy atom. The van der Waals surface area contributed by atoms with E-state index in [-0.39, 0.29) is 6.66 Å². The van der Waals surface area contributed by atoms with Crippen LogP contribution in [0, 0.1) is 0 Å². The molecule has 0 saturated heterocycles. The average molecular weight is 436 g/mol. The molecular weight excluding hydrogens is 404 g/mol. The number of rotatable bonds is 7. The minimum absolute atomic E-state index is 0.207. The molecule has 0 atom stereocenters. The van der Waals surface area contributed by atoms with Crippen LogP contribution in [0.5, 0.6) is 5.75 Å². The van der Waals surface area contributed by atoms with Gasteiger partial charge in [0.05, 0.1) is 0 Å². The van der Waals surface area contributed by atoms with Crippen molar-refractivity contribution in [1.29, 1.82) is 0 Å². The number of hydrogen-bond acceptors (Lipinski definition) is 1. The molecule has 1 aliphatic carbocycles. The van der Waals surface area contributed by atoms with Crippen molar-refractivity contribution in [3.8, 4) is 5.75 Å². The van der Waals surface area contributed by atoms with E-state index >= 15 is 0 Å². The second kappa shape index (κ2) is 13.4. The summed E-state index contributed by atoms with van der Waals surface area (Å²) in [5.41, 5.74) is 3.62. The maximum absolute atomic E-state index is 5.87. The molecule has 0 spiro atoms. The van der Waals surface area contributed by atoms with Crippen LogP contribution < -0.4 is 4.74 Å². The Labute approximate surface area is 186 Å². The number of benzene rings is 2. The molecular formula is C26H32OSiTi. The van der Waals surface area contributed by atoms with Gasteiger partial charge in [0.2, 0.25) is 0 Å². The summed E-state index contributed by atoms with van der Waals surface area (Å²) < 4.78 is 7.65. The van der Waals surface area contributed by atoms with Gasteiger partial charge >= 0.3 is 66.7 Å². The van der Waals surface area contributed by atoms with Gasteiger partial charge < -0.3 is 4.74 Å². The van der Waals surface area contributed by atoms with Crippen molar-refractivity contribution >= 4 is 12.2 Å². The second-order valence-electron chi connectivity index (χ2n) is 7.29. The molecule has 0 aliphatic heterocycles. The molecule has 0 saturated carbocycles.